The summed E-state index contributed by atoms with van der Waals surface area (Å²) in [5.41, 5.74) is 0.651. The summed E-state index contributed by atoms with van der Waals surface area (Å²) in [7, 11) is 0. The molecule has 1 aliphatic carbocycles. The van der Waals surface area contributed by atoms with Crippen LogP contribution in [0.15, 0.2) is 0 Å². The normalized spacial score (nSPS) is 33.6. The predicted molar refractivity (Wildman–Crippen MR) is 80.4 cm³/mol. The fourth-order valence-electron chi connectivity index (χ4n) is 3.46. The molecule has 1 N–H and O–H groups in total. The maximum Gasteiger partial charge on any atom is 0.0593 e. The van der Waals surface area contributed by atoms with Crippen molar-refractivity contribution in [1.29, 1.82) is 0 Å². The van der Waals surface area contributed by atoms with Gasteiger partial charge in [-0.25, -0.2) is 0 Å². The number of hydrogen-bond donors (Lipinski definition) is 1. The first-order valence-corrected chi connectivity index (χ1v) is 7.93. The van der Waals surface area contributed by atoms with Crippen LogP contribution in [-0.2, 0) is 4.74 Å². The van der Waals surface area contributed by atoms with Gasteiger partial charge in [0.25, 0.3) is 0 Å². The summed E-state index contributed by atoms with van der Waals surface area (Å²) in [6.07, 6.45) is 2.81. The smallest absolute Gasteiger partial charge is 0.0593 e. The maximum atomic E-state index is 5.58. The van der Waals surface area contributed by atoms with Crippen molar-refractivity contribution in [2.45, 2.75) is 59.0 Å². The Labute approximate surface area is 119 Å². The zero-order valence-electron chi connectivity index (χ0n) is 13.5. The van der Waals surface area contributed by atoms with Crippen LogP contribution in [0.4, 0.5) is 0 Å². The second kappa shape index (κ2) is 5.71. The molecule has 112 valence electrons. The van der Waals surface area contributed by atoms with E-state index in [1.165, 1.54) is 19.4 Å². The Morgan fingerprint density at radius 3 is 2.53 bits per heavy atom. The molecule has 2 rings (SSSR count). The molecule has 1 heterocycles. The largest absolute Gasteiger partial charge is 0.380 e. The maximum absolute atomic E-state index is 5.58. The van der Waals surface area contributed by atoms with Crippen LogP contribution in [0, 0.1) is 11.3 Å². The molecule has 0 amide bonds. The lowest BCUT2D eigenvalue weighted by Gasteiger charge is -2.51. The topological polar surface area (TPSA) is 24.5 Å². The van der Waals surface area contributed by atoms with E-state index in [0.717, 1.165) is 32.2 Å². The van der Waals surface area contributed by atoms with Crippen LogP contribution in [-0.4, -0.2) is 49.3 Å². The molecule has 0 spiro atoms. The van der Waals surface area contributed by atoms with Gasteiger partial charge in [-0.15, -0.1) is 0 Å². The van der Waals surface area contributed by atoms with Gasteiger partial charge in [0.05, 0.1) is 6.61 Å². The van der Waals surface area contributed by atoms with E-state index in [0.29, 0.717) is 17.0 Å². The van der Waals surface area contributed by atoms with Gasteiger partial charge in [-0.2, -0.15) is 0 Å². The summed E-state index contributed by atoms with van der Waals surface area (Å²) >= 11 is 0. The Hall–Kier alpha value is -0.120. The Balaban J connectivity index is 2.00. The van der Waals surface area contributed by atoms with Crippen molar-refractivity contribution in [3.05, 3.63) is 0 Å². The van der Waals surface area contributed by atoms with Crippen LogP contribution in [0.3, 0.4) is 0 Å². The molecule has 1 saturated heterocycles. The molecule has 0 aromatic rings. The minimum absolute atomic E-state index is 0.324. The van der Waals surface area contributed by atoms with E-state index in [4.69, 9.17) is 4.74 Å². The number of piperazine rings is 1. The summed E-state index contributed by atoms with van der Waals surface area (Å²) < 4.78 is 5.58. The molecular weight excluding hydrogens is 236 g/mol. The quantitative estimate of drug-likeness (QED) is 0.775. The fraction of sp³-hybridized carbons (Fsp3) is 1.00. The molecule has 3 heteroatoms. The van der Waals surface area contributed by atoms with E-state index in [2.05, 4.69) is 44.8 Å². The molecule has 1 saturated carbocycles. The van der Waals surface area contributed by atoms with Crippen molar-refractivity contribution in [2.75, 3.05) is 32.8 Å². The van der Waals surface area contributed by atoms with Gasteiger partial charge in [0.15, 0.2) is 0 Å². The lowest BCUT2D eigenvalue weighted by atomic mass is 9.81. The van der Waals surface area contributed by atoms with E-state index >= 15 is 0 Å². The van der Waals surface area contributed by atoms with Gasteiger partial charge >= 0.3 is 0 Å². The Morgan fingerprint density at radius 1 is 1.32 bits per heavy atom. The zero-order chi connectivity index (χ0) is 14.1. The predicted octanol–water partition coefficient (Wildman–Crippen LogP) is 2.51. The molecule has 2 atom stereocenters. The van der Waals surface area contributed by atoms with Crippen LogP contribution in [0.1, 0.15) is 47.5 Å². The van der Waals surface area contributed by atoms with Crippen molar-refractivity contribution in [1.82, 2.24) is 10.2 Å². The van der Waals surface area contributed by atoms with Crippen LogP contribution in [0.2, 0.25) is 0 Å². The lowest BCUT2D eigenvalue weighted by Crippen LogP contribution is -2.67. The van der Waals surface area contributed by atoms with E-state index in [-0.39, 0.29) is 0 Å². The molecule has 2 aliphatic rings. The van der Waals surface area contributed by atoms with E-state index in [1.807, 2.05) is 0 Å². The first-order valence-electron chi connectivity index (χ1n) is 7.93. The summed E-state index contributed by atoms with van der Waals surface area (Å²) in [5, 5.41) is 3.85. The van der Waals surface area contributed by atoms with Gasteiger partial charge in [0, 0.05) is 37.8 Å². The molecule has 2 fully saturated rings. The summed E-state index contributed by atoms with van der Waals surface area (Å²) in [4.78, 5) is 2.67. The highest BCUT2D eigenvalue weighted by Gasteiger charge is 2.47. The standard InChI is InChI=1S/C16H32N2O/c1-6-19-10-9-18-12-16(5,13-7-8-13)17-11-14(18)15(2,3)4/h13-14,17H,6-12H2,1-5H3. The Kier molecular flexibility index (Phi) is 4.59. The highest BCUT2D eigenvalue weighted by molar-refractivity contribution is 5.05. The van der Waals surface area contributed by atoms with Gasteiger partial charge in [-0.05, 0) is 38.0 Å². The van der Waals surface area contributed by atoms with Gasteiger partial charge < -0.3 is 10.1 Å². The number of nitrogens with one attached hydrogen (secondary N) is 1. The highest BCUT2D eigenvalue weighted by Crippen LogP contribution is 2.42. The number of ether oxygens (including phenoxy) is 1. The van der Waals surface area contributed by atoms with Crippen molar-refractivity contribution in [3.8, 4) is 0 Å². The second-order valence-corrected chi connectivity index (χ2v) is 7.62. The summed E-state index contributed by atoms with van der Waals surface area (Å²) in [5.74, 6) is 0.892. The van der Waals surface area contributed by atoms with Crippen LogP contribution >= 0.6 is 0 Å². The fourth-order valence-corrected chi connectivity index (χ4v) is 3.46. The number of hydrogen-bond acceptors (Lipinski definition) is 3. The summed E-state index contributed by atoms with van der Waals surface area (Å²) in [6.45, 7) is 16.6. The van der Waals surface area contributed by atoms with Gasteiger partial charge in [-0.1, -0.05) is 20.8 Å². The molecule has 0 bridgehead atoms. The molecular formula is C16H32N2O. The van der Waals surface area contributed by atoms with Crippen molar-refractivity contribution in [2.24, 2.45) is 11.3 Å². The van der Waals surface area contributed by atoms with Crippen molar-refractivity contribution >= 4 is 0 Å². The molecule has 3 nitrogen and oxygen atoms in total. The average Bonchev–Trinajstić information content (AvgIpc) is 3.11. The minimum Gasteiger partial charge on any atom is -0.380 e. The number of rotatable bonds is 5. The average molecular weight is 268 g/mol. The van der Waals surface area contributed by atoms with Crippen LogP contribution in [0.25, 0.3) is 0 Å². The molecule has 19 heavy (non-hydrogen) atoms. The zero-order valence-corrected chi connectivity index (χ0v) is 13.5. The molecule has 0 aromatic heterocycles. The molecule has 0 aromatic carbocycles. The van der Waals surface area contributed by atoms with Crippen molar-refractivity contribution < 1.29 is 4.74 Å². The lowest BCUT2D eigenvalue weighted by molar-refractivity contribution is 0.000633. The second-order valence-electron chi connectivity index (χ2n) is 7.62. The first kappa shape index (κ1) is 15.3. The van der Waals surface area contributed by atoms with Gasteiger partial charge in [0.1, 0.15) is 0 Å². The van der Waals surface area contributed by atoms with E-state index in [9.17, 15) is 0 Å². The third kappa shape index (κ3) is 3.71. The highest BCUT2D eigenvalue weighted by atomic mass is 16.5. The van der Waals surface area contributed by atoms with Crippen LogP contribution in [0.5, 0.6) is 0 Å². The Morgan fingerprint density at radius 2 is 2.00 bits per heavy atom. The molecule has 2 unspecified atom stereocenters. The first-order chi connectivity index (χ1) is 8.87. The Bertz CT molecular complexity index is 296. The third-order valence-corrected chi connectivity index (χ3v) is 4.88. The summed E-state index contributed by atoms with van der Waals surface area (Å²) in [6, 6.07) is 0.611. The van der Waals surface area contributed by atoms with Crippen LogP contribution < -0.4 is 5.32 Å². The van der Waals surface area contributed by atoms with Gasteiger partial charge in [-0.3, -0.25) is 4.90 Å². The monoisotopic (exact) mass is 268 g/mol. The number of nitrogens with zero attached hydrogens (tertiary/aromatic N) is 1. The SMILES string of the molecule is CCOCCN1CC(C)(C2CC2)NCC1C(C)(C)C. The van der Waals surface area contributed by atoms with E-state index < -0.39 is 0 Å². The minimum atomic E-state index is 0.324. The molecule has 1 aliphatic heterocycles. The van der Waals surface area contributed by atoms with Gasteiger partial charge in [0.2, 0.25) is 0 Å². The molecule has 0 radical (unpaired) electrons. The third-order valence-electron chi connectivity index (χ3n) is 4.88. The van der Waals surface area contributed by atoms with Crippen molar-refractivity contribution in [3.63, 3.8) is 0 Å². The van der Waals surface area contributed by atoms with E-state index in [1.54, 1.807) is 0 Å².